The lowest BCUT2D eigenvalue weighted by molar-refractivity contribution is 0.0697. The molecule has 0 radical (unpaired) electrons. The second-order valence-corrected chi connectivity index (χ2v) is 5.23. The summed E-state index contributed by atoms with van der Waals surface area (Å²) in [4.78, 5) is 20.0. The molecule has 112 valence electrons. The first kappa shape index (κ1) is 13.3. The number of hydrogen-bond donors (Lipinski definition) is 3. The zero-order chi connectivity index (χ0) is 16.1. The summed E-state index contributed by atoms with van der Waals surface area (Å²) in [7, 11) is 0. The van der Waals surface area contributed by atoms with Gasteiger partial charge >= 0.3 is 5.97 Å². The molecule has 0 fully saturated rings. The number of phenolic OH excluding ortho intramolecular Hbond substituents is 2. The van der Waals surface area contributed by atoms with Crippen LogP contribution < -0.4 is 0 Å². The van der Waals surface area contributed by atoms with Crippen LogP contribution >= 0.6 is 0 Å². The molecule has 0 aliphatic heterocycles. The molecule has 1 aromatic heterocycles. The van der Waals surface area contributed by atoms with Gasteiger partial charge < -0.3 is 15.3 Å². The highest BCUT2D eigenvalue weighted by molar-refractivity contribution is 6.09. The van der Waals surface area contributed by atoms with Crippen molar-refractivity contribution in [3.05, 3.63) is 48.0 Å². The van der Waals surface area contributed by atoms with Crippen molar-refractivity contribution in [2.75, 3.05) is 0 Å². The SMILES string of the molecule is O=C(O)c1ccc2nc3cc(O)c4ccc(O)cc4c3nc2c1. The summed E-state index contributed by atoms with van der Waals surface area (Å²) in [6.07, 6.45) is 0. The van der Waals surface area contributed by atoms with Gasteiger partial charge in [-0.15, -0.1) is 0 Å². The van der Waals surface area contributed by atoms with Crippen LogP contribution in [0.2, 0.25) is 0 Å². The Morgan fingerprint density at radius 1 is 0.826 bits per heavy atom. The van der Waals surface area contributed by atoms with Gasteiger partial charge in [-0.1, -0.05) is 0 Å². The third kappa shape index (κ3) is 2.00. The number of carboxylic acid groups (broad SMARTS) is 1. The van der Waals surface area contributed by atoms with E-state index >= 15 is 0 Å². The van der Waals surface area contributed by atoms with E-state index in [-0.39, 0.29) is 17.1 Å². The second kappa shape index (κ2) is 4.54. The second-order valence-electron chi connectivity index (χ2n) is 5.23. The first-order chi connectivity index (χ1) is 11.0. The summed E-state index contributed by atoms with van der Waals surface area (Å²) in [5.41, 5.74) is 2.05. The fourth-order valence-corrected chi connectivity index (χ4v) is 2.66. The van der Waals surface area contributed by atoms with Crippen LogP contribution in [-0.2, 0) is 0 Å². The van der Waals surface area contributed by atoms with Crippen LogP contribution in [0.3, 0.4) is 0 Å². The van der Waals surface area contributed by atoms with Crippen molar-refractivity contribution in [3.63, 3.8) is 0 Å². The largest absolute Gasteiger partial charge is 0.508 e. The minimum atomic E-state index is -1.04. The molecule has 0 saturated carbocycles. The summed E-state index contributed by atoms with van der Waals surface area (Å²) < 4.78 is 0. The van der Waals surface area contributed by atoms with Gasteiger partial charge in [-0.3, -0.25) is 0 Å². The van der Waals surface area contributed by atoms with E-state index in [0.717, 1.165) is 0 Å². The molecule has 4 aromatic rings. The van der Waals surface area contributed by atoms with Gasteiger partial charge in [0.2, 0.25) is 0 Å². The topological polar surface area (TPSA) is 104 Å². The average Bonchev–Trinajstić information content (AvgIpc) is 2.52. The third-order valence-electron chi connectivity index (χ3n) is 3.75. The molecule has 1 heterocycles. The molecule has 3 N–H and O–H groups in total. The summed E-state index contributed by atoms with van der Waals surface area (Å²) in [6.45, 7) is 0. The third-order valence-corrected chi connectivity index (χ3v) is 3.75. The van der Waals surface area contributed by atoms with Gasteiger partial charge in [0.25, 0.3) is 0 Å². The normalized spacial score (nSPS) is 11.3. The van der Waals surface area contributed by atoms with Crippen LogP contribution in [0.4, 0.5) is 0 Å². The van der Waals surface area contributed by atoms with Gasteiger partial charge in [-0.25, -0.2) is 14.8 Å². The van der Waals surface area contributed by atoms with E-state index in [1.165, 1.54) is 30.3 Å². The molecular formula is C17H10N2O4. The van der Waals surface area contributed by atoms with Gasteiger partial charge in [0.05, 0.1) is 27.6 Å². The number of rotatable bonds is 1. The number of carbonyl (C=O) groups is 1. The molecule has 0 spiro atoms. The van der Waals surface area contributed by atoms with E-state index < -0.39 is 5.97 Å². The predicted molar refractivity (Wildman–Crippen MR) is 84.8 cm³/mol. The number of aromatic hydroxyl groups is 2. The molecule has 4 rings (SSSR count). The zero-order valence-corrected chi connectivity index (χ0v) is 11.7. The van der Waals surface area contributed by atoms with E-state index in [2.05, 4.69) is 9.97 Å². The standard InChI is InChI=1S/C17H10N2O4/c20-9-2-3-10-11(6-9)16-14(7-15(10)21)18-12-4-1-8(17(22)23)5-13(12)19-16/h1-7,20-21H,(H,22,23). The highest BCUT2D eigenvalue weighted by Crippen LogP contribution is 2.34. The van der Waals surface area contributed by atoms with Crippen LogP contribution in [0.25, 0.3) is 32.8 Å². The first-order valence-corrected chi connectivity index (χ1v) is 6.82. The Labute approximate surface area is 129 Å². The highest BCUT2D eigenvalue weighted by Gasteiger charge is 2.12. The number of benzene rings is 3. The van der Waals surface area contributed by atoms with Crippen LogP contribution in [-0.4, -0.2) is 31.3 Å². The Morgan fingerprint density at radius 3 is 2.43 bits per heavy atom. The van der Waals surface area contributed by atoms with Gasteiger partial charge in [-0.2, -0.15) is 0 Å². The molecule has 6 heteroatoms. The van der Waals surface area contributed by atoms with Crippen molar-refractivity contribution in [2.45, 2.75) is 0 Å². The summed E-state index contributed by atoms with van der Waals surface area (Å²) in [6, 6.07) is 10.6. The lowest BCUT2D eigenvalue weighted by atomic mass is 10.1. The number of aromatic nitrogens is 2. The Morgan fingerprint density at radius 2 is 1.65 bits per heavy atom. The van der Waals surface area contributed by atoms with Crippen molar-refractivity contribution >= 4 is 38.8 Å². The fourth-order valence-electron chi connectivity index (χ4n) is 2.66. The Bertz CT molecular complexity index is 1120. The van der Waals surface area contributed by atoms with Gasteiger partial charge in [-0.05, 0) is 36.4 Å². The van der Waals surface area contributed by atoms with Gasteiger partial charge in [0, 0.05) is 16.8 Å². The van der Waals surface area contributed by atoms with E-state index in [0.29, 0.717) is 32.8 Å². The molecule has 0 unspecified atom stereocenters. The number of aromatic carboxylic acids is 1. The smallest absolute Gasteiger partial charge is 0.335 e. The number of carboxylic acids is 1. The fraction of sp³-hybridized carbons (Fsp3) is 0. The molecule has 0 bridgehead atoms. The van der Waals surface area contributed by atoms with E-state index in [1.54, 1.807) is 12.1 Å². The van der Waals surface area contributed by atoms with Crippen molar-refractivity contribution in [3.8, 4) is 11.5 Å². The van der Waals surface area contributed by atoms with E-state index in [4.69, 9.17) is 5.11 Å². The number of hydrogen-bond acceptors (Lipinski definition) is 5. The predicted octanol–water partition coefficient (Wildman–Crippen LogP) is 3.05. The number of fused-ring (bicyclic) bond motifs is 4. The lowest BCUT2D eigenvalue weighted by Crippen LogP contribution is -1.97. The van der Waals surface area contributed by atoms with Crippen LogP contribution in [0.5, 0.6) is 11.5 Å². The van der Waals surface area contributed by atoms with Crippen LogP contribution in [0.1, 0.15) is 10.4 Å². The van der Waals surface area contributed by atoms with Crippen molar-refractivity contribution < 1.29 is 20.1 Å². The molecule has 0 aliphatic rings. The molecule has 0 saturated heterocycles. The molecule has 3 aromatic carbocycles. The molecular weight excluding hydrogens is 296 g/mol. The van der Waals surface area contributed by atoms with Gasteiger partial charge in [0.15, 0.2) is 0 Å². The Balaban J connectivity index is 2.17. The quantitative estimate of drug-likeness (QED) is 0.369. The van der Waals surface area contributed by atoms with Crippen molar-refractivity contribution in [1.82, 2.24) is 9.97 Å². The highest BCUT2D eigenvalue weighted by atomic mass is 16.4. The monoisotopic (exact) mass is 306 g/mol. The number of nitrogens with zero attached hydrogens (tertiary/aromatic N) is 2. The minimum Gasteiger partial charge on any atom is -0.508 e. The summed E-state index contributed by atoms with van der Waals surface area (Å²) >= 11 is 0. The minimum absolute atomic E-state index is 0.0447. The maximum Gasteiger partial charge on any atom is 0.335 e. The van der Waals surface area contributed by atoms with E-state index in [1.807, 2.05) is 0 Å². The number of phenols is 2. The molecule has 6 nitrogen and oxygen atoms in total. The first-order valence-electron chi connectivity index (χ1n) is 6.82. The maximum atomic E-state index is 11.1. The zero-order valence-electron chi connectivity index (χ0n) is 11.7. The van der Waals surface area contributed by atoms with Crippen LogP contribution in [0.15, 0.2) is 42.5 Å². The molecule has 23 heavy (non-hydrogen) atoms. The van der Waals surface area contributed by atoms with Crippen molar-refractivity contribution in [1.29, 1.82) is 0 Å². The Hall–Kier alpha value is -3.41. The molecule has 0 atom stereocenters. The van der Waals surface area contributed by atoms with Crippen molar-refractivity contribution in [2.24, 2.45) is 0 Å². The van der Waals surface area contributed by atoms with Crippen LogP contribution in [0, 0.1) is 0 Å². The van der Waals surface area contributed by atoms with Gasteiger partial charge in [0.1, 0.15) is 11.5 Å². The van der Waals surface area contributed by atoms with E-state index in [9.17, 15) is 15.0 Å². The molecule has 0 amide bonds. The Kier molecular flexibility index (Phi) is 2.62. The summed E-state index contributed by atoms with van der Waals surface area (Å²) in [5.74, 6) is -0.948. The lowest BCUT2D eigenvalue weighted by Gasteiger charge is -2.07. The molecule has 0 aliphatic carbocycles. The average molecular weight is 306 g/mol. The summed E-state index contributed by atoms with van der Waals surface area (Å²) in [5, 5.41) is 30.0. The maximum absolute atomic E-state index is 11.1.